The summed E-state index contributed by atoms with van der Waals surface area (Å²) < 4.78 is 0. The smallest absolute Gasteiger partial charge is 0.147 e. The van der Waals surface area contributed by atoms with Gasteiger partial charge in [0.2, 0.25) is 0 Å². The molecule has 2 nitrogen and oxygen atoms in total. The van der Waals surface area contributed by atoms with Crippen LogP contribution in [-0.2, 0) is 4.79 Å². The van der Waals surface area contributed by atoms with E-state index in [9.17, 15) is 4.79 Å². The molecule has 1 amide bonds. The summed E-state index contributed by atoms with van der Waals surface area (Å²) in [7, 11) is 0. The molecular formula is C24H51ClNOP. The quantitative estimate of drug-likeness (QED) is 0.131. The van der Waals surface area contributed by atoms with Crippen molar-refractivity contribution in [3.8, 4) is 0 Å². The van der Waals surface area contributed by atoms with Crippen LogP contribution < -0.4 is 5.09 Å². The molecule has 0 aliphatic heterocycles. The Hall–Kier alpha value is -0.0700. The topological polar surface area (TPSA) is 29.1 Å². The summed E-state index contributed by atoms with van der Waals surface area (Å²) in [5.74, 6) is 0.270. The van der Waals surface area contributed by atoms with E-state index < -0.39 is 6.75 Å². The number of unbranched alkanes of at least 4 members (excludes halogenated alkanes) is 11. The first-order valence-electron chi connectivity index (χ1n) is 11.8. The van der Waals surface area contributed by atoms with Gasteiger partial charge in [-0.05, 0) is 6.42 Å². The van der Waals surface area contributed by atoms with Crippen LogP contribution in [0.1, 0.15) is 110 Å². The first-order chi connectivity index (χ1) is 12.8. The first kappa shape index (κ1) is 30.1. The van der Waals surface area contributed by atoms with E-state index in [1.165, 1.54) is 77.0 Å². The minimum atomic E-state index is -1.95. The Morgan fingerprint density at radius 1 is 0.714 bits per heavy atom. The molecule has 28 heavy (non-hydrogen) atoms. The van der Waals surface area contributed by atoms with Crippen molar-refractivity contribution in [2.75, 3.05) is 26.2 Å². The molecule has 0 unspecified atom stereocenters. The van der Waals surface area contributed by atoms with Crippen LogP contribution in [0.15, 0.2) is 12.2 Å². The maximum absolute atomic E-state index is 12.2. The van der Waals surface area contributed by atoms with E-state index in [2.05, 4.69) is 51.1 Å². The van der Waals surface area contributed by atoms with E-state index in [0.29, 0.717) is 6.42 Å². The van der Waals surface area contributed by atoms with Crippen molar-refractivity contribution < 1.29 is 4.79 Å². The molecule has 0 saturated carbocycles. The molecule has 0 aliphatic rings. The molecule has 4 heteroatoms. The van der Waals surface area contributed by atoms with Gasteiger partial charge in [0, 0.05) is 0 Å². The van der Waals surface area contributed by atoms with Crippen LogP contribution in [0.5, 0.6) is 0 Å². The van der Waals surface area contributed by atoms with Crippen LogP contribution in [0.2, 0.25) is 0 Å². The molecule has 0 bridgehead atoms. The fourth-order valence-corrected chi connectivity index (χ4v) is 6.43. The molecule has 0 aliphatic carbocycles. The van der Waals surface area contributed by atoms with Gasteiger partial charge in [0.05, 0.1) is 0 Å². The molecular weight excluding hydrogens is 385 g/mol. The molecule has 0 atom stereocenters. The van der Waals surface area contributed by atoms with Crippen molar-refractivity contribution in [1.29, 1.82) is 0 Å². The Kier molecular flexibility index (Phi) is 19.1. The molecule has 0 heterocycles. The van der Waals surface area contributed by atoms with Gasteiger partial charge in [0.1, 0.15) is 0 Å². The summed E-state index contributed by atoms with van der Waals surface area (Å²) in [5.41, 5.74) is 0. The van der Waals surface area contributed by atoms with Crippen LogP contribution in [0.25, 0.3) is 0 Å². The molecule has 0 fully saturated rings. The number of allylic oxidation sites excluding steroid dienone is 2. The molecule has 170 valence electrons. The fourth-order valence-electron chi connectivity index (χ4n) is 3.71. The maximum atomic E-state index is 12.2. The average Bonchev–Trinajstić information content (AvgIpc) is 2.57. The summed E-state index contributed by atoms with van der Waals surface area (Å²) in [6, 6.07) is 0. The Morgan fingerprint density at radius 3 is 1.68 bits per heavy atom. The summed E-state index contributed by atoms with van der Waals surface area (Å²) >= 11 is 0. The van der Waals surface area contributed by atoms with Gasteiger partial charge in [-0.25, -0.2) is 0 Å². The van der Waals surface area contributed by atoms with Gasteiger partial charge in [-0.1, -0.05) is 39.0 Å². The normalized spacial score (nSPS) is 13.1. The summed E-state index contributed by atoms with van der Waals surface area (Å²) in [4.78, 5) is 12.2. The average molecular weight is 436 g/mol. The van der Waals surface area contributed by atoms with E-state index in [-0.39, 0.29) is 18.3 Å². The molecule has 0 spiro atoms. The molecule has 0 aromatic rings. The van der Waals surface area contributed by atoms with Crippen molar-refractivity contribution in [3.63, 3.8) is 0 Å². The van der Waals surface area contributed by atoms with Crippen LogP contribution in [0, 0.1) is 0 Å². The molecule has 1 N–H and O–H groups in total. The van der Waals surface area contributed by atoms with E-state index >= 15 is 0 Å². The standard InChI is InChI=1S/C24H50NOP.ClH/c1-6-8-9-10-11-12-13-14-15-16-17-18-19-20-21-22-24(26)25-27(3,4,5)23-7-2;/h14-15H,6-13,16-23H2,1-5H3,(H,25,26);1H/b15-14-;. The number of carbonyl (C=O) groups is 1. The Labute approximate surface area is 183 Å². The van der Waals surface area contributed by atoms with Crippen LogP contribution in [0.4, 0.5) is 0 Å². The minimum absolute atomic E-state index is 0. The second-order valence-corrected chi connectivity index (χ2v) is 16.6. The van der Waals surface area contributed by atoms with Crippen LogP contribution in [0.3, 0.4) is 0 Å². The van der Waals surface area contributed by atoms with Gasteiger partial charge in [-0.15, -0.1) is 12.4 Å². The molecule has 0 aromatic heterocycles. The Morgan fingerprint density at radius 2 is 1.18 bits per heavy atom. The van der Waals surface area contributed by atoms with Crippen molar-refractivity contribution in [2.24, 2.45) is 0 Å². The number of amides is 1. The summed E-state index contributed by atoms with van der Waals surface area (Å²) in [5, 5.41) is 3.37. The Bertz CT molecular complexity index is 401. The molecule has 0 rings (SSSR count). The van der Waals surface area contributed by atoms with Crippen LogP contribution >= 0.6 is 19.2 Å². The first-order valence-corrected chi connectivity index (χ1v) is 15.5. The van der Waals surface area contributed by atoms with E-state index in [1.807, 2.05) is 0 Å². The van der Waals surface area contributed by atoms with Gasteiger partial charge in [-0.3, -0.25) is 0 Å². The summed E-state index contributed by atoms with van der Waals surface area (Å²) in [6.07, 6.45) is 24.7. The number of halogens is 1. The SMILES string of the molecule is CCCCCCCC/C=C\CCCCCCCC(=O)NP(C)(C)(C)CCC.Cl. The van der Waals surface area contributed by atoms with E-state index in [0.717, 1.165) is 19.0 Å². The zero-order valence-corrected chi connectivity index (χ0v) is 21.4. The van der Waals surface area contributed by atoms with Gasteiger partial charge in [-0.2, -0.15) is 0 Å². The minimum Gasteiger partial charge on any atom is -0.147 e. The van der Waals surface area contributed by atoms with Crippen molar-refractivity contribution in [1.82, 2.24) is 5.09 Å². The van der Waals surface area contributed by atoms with E-state index in [1.54, 1.807) is 0 Å². The molecule has 0 saturated heterocycles. The van der Waals surface area contributed by atoms with Crippen LogP contribution in [-0.4, -0.2) is 32.1 Å². The van der Waals surface area contributed by atoms with E-state index in [4.69, 9.17) is 0 Å². The molecule has 0 aromatic carbocycles. The van der Waals surface area contributed by atoms with Gasteiger partial charge in [0.25, 0.3) is 0 Å². The zero-order chi connectivity index (χ0) is 20.5. The third-order valence-electron chi connectivity index (χ3n) is 5.21. The molecule has 0 radical (unpaired) electrons. The van der Waals surface area contributed by atoms with Gasteiger partial charge < -0.3 is 0 Å². The second kappa shape index (κ2) is 17.8. The maximum Gasteiger partial charge on any atom is -0.147 e. The predicted molar refractivity (Wildman–Crippen MR) is 135 cm³/mol. The number of nitrogens with one attached hydrogen (secondary N) is 1. The Balaban J connectivity index is 0. The predicted octanol–water partition coefficient (Wildman–Crippen LogP) is 8.33. The van der Waals surface area contributed by atoms with Crippen molar-refractivity contribution >= 4 is 25.1 Å². The number of carbonyl (C=O) groups excluding carboxylic acids is 1. The zero-order valence-electron chi connectivity index (χ0n) is 19.7. The number of hydrogen-bond acceptors (Lipinski definition) is 1. The van der Waals surface area contributed by atoms with Crippen molar-refractivity contribution in [2.45, 2.75) is 110 Å². The second-order valence-electron chi connectivity index (χ2n) is 9.71. The monoisotopic (exact) mass is 435 g/mol. The third kappa shape index (κ3) is 20.7. The van der Waals surface area contributed by atoms with Gasteiger partial charge >= 0.3 is 126 Å². The fraction of sp³-hybridized carbons (Fsp3) is 0.875. The van der Waals surface area contributed by atoms with Gasteiger partial charge in [0.15, 0.2) is 0 Å². The number of rotatable bonds is 18. The van der Waals surface area contributed by atoms with Crippen molar-refractivity contribution in [3.05, 3.63) is 12.2 Å². The third-order valence-corrected chi connectivity index (χ3v) is 8.30. The number of hydrogen-bond donors (Lipinski definition) is 1. The summed E-state index contributed by atoms with van der Waals surface area (Å²) in [6.45, 7) is 9.34. The largest absolute Gasteiger partial charge is 0.147 e.